The Bertz CT molecular complexity index is 824. The van der Waals surface area contributed by atoms with E-state index >= 15 is 0 Å². The van der Waals surface area contributed by atoms with E-state index in [-0.39, 0.29) is 10.8 Å². The number of carbonyl (C=O) groups excluding carboxylic acids is 3. The molecule has 9 nitrogen and oxygen atoms in total. The molecule has 1 rings (SSSR count). The lowest BCUT2D eigenvalue weighted by Crippen LogP contribution is -2.41. The number of benzene rings is 1. The van der Waals surface area contributed by atoms with E-state index in [0.29, 0.717) is 5.69 Å². The fraction of sp³-hybridized carbons (Fsp3) is 0.400. The standard InChI is InChI=1S/C15H18F3N3O6S/c1-9(14(24)27-7-13(23)19-8-15(16,17)18)21-28(25,26)12-5-3-11(4-6-12)20-10(2)22/h3-6,9,21H,7-8H2,1-2H3,(H,19,23)(H,20,22)/t9-/m1/s1. The lowest BCUT2D eigenvalue weighted by atomic mass is 10.3. The molecule has 0 aliphatic heterocycles. The molecule has 0 saturated carbocycles. The molecule has 0 radical (unpaired) electrons. The van der Waals surface area contributed by atoms with Gasteiger partial charge < -0.3 is 15.4 Å². The maximum Gasteiger partial charge on any atom is 0.405 e. The number of nitrogens with one attached hydrogen (secondary N) is 3. The molecule has 1 atom stereocenters. The van der Waals surface area contributed by atoms with Crippen LogP contribution in [0.4, 0.5) is 18.9 Å². The Kier molecular flexibility index (Phi) is 7.93. The SMILES string of the molecule is CC(=O)Nc1ccc(S(=O)(=O)N[C@H](C)C(=O)OCC(=O)NCC(F)(F)F)cc1. The molecule has 2 amide bonds. The number of anilines is 1. The summed E-state index contributed by atoms with van der Waals surface area (Å²) in [4.78, 5) is 33.6. The largest absolute Gasteiger partial charge is 0.454 e. The summed E-state index contributed by atoms with van der Waals surface area (Å²) in [5.41, 5.74) is 0.365. The van der Waals surface area contributed by atoms with Gasteiger partial charge in [-0.1, -0.05) is 0 Å². The molecule has 1 aromatic carbocycles. The molecular formula is C15H18F3N3O6S. The van der Waals surface area contributed by atoms with Gasteiger partial charge in [-0.15, -0.1) is 0 Å². The first kappa shape index (κ1) is 23.4. The van der Waals surface area contributed by atoms with E-state index in [1.807, 2.05) is 4.72 Å². The molecule has 0 unspecified atom stereocenters. The number of ether oxygens (including phenoxy) is 1. The van der Waals surface area contributed by atoms with Crippen LogP contribution < -0.4 is 15.4 Å². The summed E-state index contributed by atoms with van der Waals surface area (Å²) in [7, 11) is -4.13. The molecule has 0 bridgehead atoms. The number of carbonyl (C=O) groups is 3. The zero-order valence-electron chi connectivity index (χ0n) is 14.8. The van der Waals surface area contributed by atoms with Crippen LogP contribution in [0.2, 0.25) is 0 Å². The Labute approximate surface area is 158 Å². The van der Waals surface area contributed by atoms with Crippen LogP contribution in [0, 0.1) is 0 Å². The summed E-state index contributed by atoms with van der Waals surface area (Å²) in [6.07, 6.45) is -4.61. The second-order valence-corrected chi connectivity index (χ2v) is 7.26. The smallest absolute Gasteiger partial charge is 0.405 e. The highest BCUT2D eigenvalue weighted by Gasteiger charge is 2.28. The molecule has 0 heterocycles. The minimum Gasteiger partial charge on any atom is -0.454 e. The van der Waals surface area contributed by atoms with Crippen LogP contribution in [0.3, 0.4) is 0 Å². The van der Waals surface area contributed by atoms with E-state index in [1.54, 1.807) is 0 Å². The van der Waals surface area contributed by atoms with Crippen molar-refractivity contribution in [3.8, 4) is 0 Å². The Morgan fingerprint density at radius 2 is 1.71 bits per heavy atom. The van der Waals surface area contributed by atoms with Crippen LogP contribution in [0.15, 0.2) is 29.2 Å². The molecule has 0 fully saturated rings. The fourth-order valence-corrected chi connectivity index (χ4v) is 2.97. The summed E-state index contributed by atoms with van der Waals surface area (Å²) in [6, 6.07) is 3.65. The van der Waals surface area contributed by atoms with Crippen molar-refractivity contribution in [3.63, 3.8) is 0 Å². The number of amides is 2. The molecule has 0 spiro atoms. The van der Waals surface area contributed by atoms with Crippen molar-refractivity contribution in [1.29, 1.82) is 0 Å². The van der Waals surface area contributed by atoms with E-state index in [1.165, 1.54) is 36.5 Å². The summed E-state index contributed by atoms with van der Waals surface area (Å²) in [5.74, 6) is -2.68. The first-order valence-corrected chi connectivity index (χ1v) is 9.18. The minimum absolute atomic E-state index is 0.204. The van der Waals surface area contributed by atoms with Gasteiger partial charge in [0.15, 0.2) is 6.61 Å². The Morgan fingerprint density at radius 3 is 2.21 bits per heavy atom. The van der Waals surface area contributed by atoms with Crippen molar-refractivity contribution in [2.24, 2.45) is 0 Å². The minimum atomic E-state index is -4.61. The molecule has 0 aliphatic rings. The number of alkyl halides is 3. The first-order valence-electron chi connectivity index (χ1n) is 7.70. The van der Waals surface area contributed by atoms with Gasteiger partial charge in [0, 0.05) is 12.6 Å². The molecule has 156 valence electrons. The highest BCUT2D eigenvalue weighted by atomic mass is 32.2. The third-order valence-corrected chi connectivity index (χ3v) is 4.56. The van der Waals surface area contributed by atoms with E-state index < -0.39 is 47.3 Å². The highest BCUT2D eigenvalue weighted by Crippen LogP contribution is 2.14. The summed E-state index contributed by atoms with van der Waals surface area (Å²) >= 11 is 0. The van der Waals surface area contributed by atoms with E-state index in [2.05, 4.69) is 10.1 Å². The van der Waals surface area contributed by atoms with Crippen LogP contribution in [-0.4, -0.2) is 51.6 Å². The van der Waals surface area contributed by atoms with Crippen molar-refractivity contribution in [2.75, 3.05) is 18.5 Å². The Balaban J connectivity index is 2.59. The fourth-order valence-electron chi connectivity index (χ4n) is 1.78. The molecule has 0 saturated heterocycles. The Morgan fingerprint density at radius 1 is 1.14 bits per heavy atom. The van der Waals surface area contributed by atoms with Crippen molar-refractivity contribution in [2.45, 2.75) is 31.0 Å². The zero-order chi connectivity index (χ0) is 21.5. The molecule has 13 heteroatoms. The molecule has 3 N–H and O–H groups in total. The molecule has 0 aliphatic carbocycles. The first-order chi connectivity index (χ1) is 12.8. The van der Waals surface area contributed by atoms with Crippen molar-refractivity contribution in [3.05, 3.63) is 24.3 Å². The molecule has 1 aromatic rings. The zero-order valence-corrected chi connectivity index (χ0v) is 15.6. The summed E-state index contributed by atoms with van der Waals surface area (Å²) in [6.45, 7) is -0.158. The van der Waals surface area contributed by atoms with Gasteiger partial charge in [-0.3, -0.25) is 14.4 Å². The van der Waals surface area contributed by atoms with Gasteiger partial charge in [-0.25, -0.2) is 8.42 Å². The van der Waals surface area contributed by atoms with Gasteiger partial charge in [0.1, 0.15) is 12.6 Å². The average Bonchev–Trinajstić information content (AvgIpc) is 2.56. The number of halogens is 3. The third kappa shape index (κ3) is 8.35. The highest BCUT2D eigenvalue weighted by molar-refractivity contribution is 7.89. The maximum atomic E-state index is 12.2. The number of sulfonamides is 1. The number of hydrogen-bond acceptors (Lipinski definition) is 6. The van der Waals surface area contributed by atoms with Crippen LogP contribution in [0.25, 0.3) is 0 Å². The van der Waals surface area contributed by atoms with Gasteiger partial charge in [-0.2, -0.15) is 17.9 Å². The lowest BCUT2D eigenvalue weighted by molar-refractivity contribution is -0.152. The number of rotatable bonds is 8. The quantitative estimate of drug-likeness (QED) is 0.521. The van der Waals surface area contributed by atoms with Crippen molar-refractivity contribution >= 4 is 33.5 Å². The Hall–Kier alpha value is -2.67. The predicted octanol–water partition coefficient (Wildman–Crippen LogP) is 0.533. The molecule has 28 heavy (non-hydrogen) atoms. The van der Waals surface area contributed by atoms with Crippen LogP contribution >= 0.6 is 0 Å². The molecular weight excluding hydrogens is 407 g/mol. The number of esters is 1. The number of hydrogen-bond donors (Lipinski definition) is 3. The van der Waals surface area contributed by atoms with Crippen molar-refractivity contribution in [1.82, 2.24) is 10.0 Å². The monoisotopic (exact) mass is 425 g/mol. The summed E-state index contributed by atoms with van der Waals surface area (Å²) < 4.78 is 66.8. The third-order valence-electron chi connectivity index (χ3n) is 3.00. The maximum absolute atomic E-state index is 12.2. The predicted molar refractivity (Wildman–Crippen MR) is 90.6 cm³/mol. The van der Waals surface area contributed by atoms with Crippen molar-refractivity contribution < 1.29 is 40.7 Å². The normalized spacial score (nSPS) is 12.8. The van der Waals surface area contributed by atoms with Crippen LogP contribution in [0.1, 0.15) is 13.8 Å². The van der Waals surface area contributed by atoms with Gasteiger partial charge in [0.2, 0.25) is 15.9 Å². The average molecular weight is 425 g/mol. The second kappa shape index (κ2) is 9.50. The van der Waals surface area contributed by atoms with Gasteiger partial charge in [0.25, 0.3) is 5.91 Å². The van der Waals surface area contributed by atoms with Gasteiger partial charge >= 0.3 is 12.1 Å². The van der Waals surface area contributed by atoms with E-state index in [9.17, 15) is 36.0 Å². The van der Waals surface area contributed by atoms with E-state index in [4.69, 9.17) is 0 Å². The summed E-state index contributed by atoms with van der Waals surface area (Å²) in [5, 5.41) is 3.95. The van der Waals surface area contributed by atoms with Gasteiger partial charge in [0.05, 0.1) is 4.90 Å². The molecule has 0 aromatic heterocycles. The van der Waals surface area contributed by atoms with Crippen LogP contribution in [0.5, 0.6) is 0 Å². The second-order valence-electron chi connectivity index (χ2n) is 5.55. The van der Waals surface area contributed by atoms with Gasteiger partial charge in [-0.05, 0) is 31.2 Å². The topological polar surface area (TPSA) is 131 Å². The van der Waals surface area contributed by atoms with Crippen LogP contribution in [-0.2, 0) is 29.1 Å². The van der Waals surface area contributed by atoms with E-state index in [0.717, 1.165) is 6.92 Å². The lowest BCUT2D eigenvalue weighted by Gasteiger charge is -2.14.